The number of carbonyl (C=O) groups is 1. The fourth-order valence-electron chi connectivity index (χ4n) is 1.32. The highest BCUT2D eigenvalue weighted by Gasteiger charge is 2.26. The molecular formula is C13H17Cl2NO. The van der Waals surface area contributed by atoms with E-state index in [-0.39, 0.29) is 11.4 Å². The van der Waals surface area contributed by atoms with E-state index in [1.165, 1.54) is 0 Å². The van der Waals surface area contributed by atoms with E-state index >= 15 is 0 Å². The summed E-state index contributed by atoms with van der Waals surface area (Å²) < 4.78 is 0. The van der Waals surface area contributed by atoms with Crippen LogP contribution in [0.4, 0.5) is 0 Å². The van der Waals surface area contributed by atoms with Crippen LogP contribution in [-0.4, -0.2) is 29.3 Å². The van der Waals surface area contributed by atoms with Crippen LogP contribution >= 0.6 is 23.2 Å². The highest BCUT2D eigenvalue weighted by Crippen LogP contribution is 2.16. The van der Waals surface area contributed by atoms with Gasteiger partial charge in [-0.2, -0.15) is 0 Å². The first-order chi connectivity index (χ1) is 7.86. The van der Waals surface area contributed by atoms with Crippen molar-refractivity contribution in [1.82, 2.24) is 4.90 Å². The number of benzene rings is 1. The van der Waals surface area contributed by atoms with Crippen molar-refractivity contribution in [2.24, 2.45) is 0 Å². The number of hydrogen-bond donors (Lipinski definition) is 0. The van der Waals surface area contributed by atoms with E-state index in [0.29, 0.717) is 17.3 Å². The second-order valence-electron chi connectivity index (χ2n) is 4.70. The van der Waals surface area contributed by atoms with Gasteiger partial charge < -0.3 is 4.90 Å². The van der Waals surface area contributed by atoms with Crippen LogP contribution in [0.1, 0.15) is 19.4 Å². The summed E-state index contributed by atoms with van der Waals surface area (Å²) >= 11 is 11.6. The van der Waals surface area contributed by atoms with E-state index in [9.17, 15) is 4.79 Å². The third kappa shape index (κ3) is 3.90. The Kier molecular flexibility index (Phi) is 4.84. The summed E-state index contributed by atoms with van der Waals surface area (Å²) in [5.74, 6) is 0.466. The summed E-state index contributed by atoms with van der Waals surface area (Å²) in [6.07, 6.45) is 0.369. The van der Waals surface area contributed by atoms with Gasteiger partial charge in [0, 0.05) is 18.0 Å². The van der Waals surface area contributed by atoms with E-state index in [2.05, 4.69) is 0 Å². The summed E-state index contributed by atoms with van der Waals surface area (Å²) in [4.78, 5) is 13.7. The van der Waals surface area contributed by atoms with Crippen LogP contribution in [0.3, 0.4) is 0 Å². The standard InChI is InChI=1S/C13H17Cl2NO/c1-13(2,9-14)16(3)12(17)8-10-4-6-11(15)7-5-10/h4-7H,8-9H2,1-3H3. The molecule has 0 aliphatic carbocycles. The average molecular weight is 274 g/mol. The smallest absolute Gasteiger partial charge is 0.227 e. The minimum Gasteiger partial charge on any atom is -0.339 e. The Morgan fingerprint density at radius 1 is 1.29 bits per heavy atom. The maximum Gasteiger partial charge on any atom is 0.227 e. The number of amides is 1. The van der Waals surface area contributed by atoms with Gasteiger partial charge in [-0.15, -0.1) is 11.6 Å². The van der Waals surface area contributed by atoms with Crippen molar-refractivity contribution in [2.45, 2.75) is 25.8 Å². The lowest BCUT2D eigenvalue weighted by Gasteiger charge is -2.34. The molecule has 0 unspecified atom stereocenters. The van der Waals surface area contributed by atoms with Crippen molar-refractivity contribution in [3.05, 3.63) is 34.9 Å². The van der Waals surface area contributed by atoms with Gasteiger partial charge in [0.1, 0.15) is 0 Å². The second-order valence-corrected chi connectivity index (χ2v) is 5.41. The van der Waals surface area contributed by atoms with Crippen LogP contribution < -0.4 is 0 Å². The first-order valence-electron chi connectivity index (χ1n) is 5.44. The molecule has 1 amide bonds. The van der Waals surface area contributed by atoms with Gasteiger partial charge in [0.2, 0.25) is 5.91 Å². The normalized spacial score (nSPS) is 11.4. The molecule has 0 bridgehead atoms. The molecule has 1 rings (SSSR count). The Bertz CT molecular complexity index is 387. The van der Waals surface area contributed by atoms with E-state index < -0.39 is 0 Å². The van der Waals surface area contributed by atoms with Gasteiger partial charge in [0.05, 0.1) is 12.0 Å². The van der Waals surface area contributed by atoms with Crippen LogP contribution in [-0.2, 0) is 11.2 Å². The Morgan fingerprint density at radius 2 is 1.82 bits per heavy atom. The number of carbonyl (C=O) groups excluding carboxylic acids is 1. The van der Waals surface area contributed by atoms with Crippen LogP contribution in [0.2, 0.25) is 5.02 Å². The quantitative estimate of drug-likeness (QED) is 0.771. The lowest BCUT2D eigenvalue weighted by molar-refractivity contribution is -0.133. The van der Waals surface area contributed by atoms with Gasteiger partial charge in [-0.05, 0) is 31.5 Å². The van der Waals surface area contributed by atoms with Crippen molar-refractivity contribution >= 4 is 29.1 Å². The number of nitrogens with zero attached hydrogens (tertiary/aromatic N) is 1. The first-order valence-corrected chi connectivity index (χ1v) is 6.35. The number of likely N-dealkylation sites (N-methyl/N-ethyl adjacent to an activating group) is 1. The number of halogens is 2. The van der Waals surface area contributed by atoms with Crippen LogP contribution in [0.5, 0.6) is 0 Å². The van der Waals surface area contributed by atoms with E-state index in [1.807, 2.05) is 26.0 Å². The molecule has 0 spiro atoms. The molecule has 17 heavy (non-hydrogen) atoms. The Hall–Kier alpha value is -0.730. The molecule has 0 saturated carbocycles. The molecule has 0 aliphatic rings. The van der Waals surface area contributed by atoms with Crippen molar-refractivity contribution in [2.75, 3.05) is 12.9 Å². The fraction of sp³-hybridized carbons (Fsp3) is 0.462. The summed E-state index contributed by atoms with van der Waals surface area (Å²) in [7, 11) is 1.78. The summed E-state index contributed by atoms with van der Waals surface area (Å²) in [6, 6.07) is 7.30. The topological polar surface area (TPSA) is 20.3 Å². The molecule has 0 radical (unpaired) electrons. The molecule has 0 fully saturated rings. The zero-order valence-electron chi connectivity index (χ0n) is 10.3. The summed E-state index contributed by atoms with van der Waals surface area (Å²) in [5, 5.41) is 0.677. The van der Waals surface area contributed by atoms with Gasteiger partial charge in [-0.3, -0.25) is 4.79 Å². The van der Waals surface area contributed by atoms with E-state index in [4.69, 9.17) is 23.2 Å². The molecule has 0 saturated heterocycles. The molecule has 0 atom stereocenters. The number of rotatable bonds is 4. The lowest BCUT2D eigenvalue weighted by atomic mass is 10.0. The van der Waals surface area contributed by atoms with Crippen LogP contribution in [0.15, 0.2) is 24.3 Å². The van der Waals surface area contributed by atoms with E-state index in [1.54, 1.807) is 24.1 Å². The zero-order chi connectivity index (χ0) is 13.1. The Labute approximate surface area is 113 Å². The van der Waals surface area contributed by atoms with Crippen LogP contribution in [0.25, 0.3) is 0 Å². The fourth-order valence-corrected chi connectivity index (χ4v) is 1.63. The predicted molar refractivity (Wildman–Crippen MR) is 72.7 cm³/mol. The van der Waals surface area contributed by atoms with Gasteiger partial charge in [-0.25, -0.2) is 0 Å². The first kappa shape index (κ1) is 14.3. The highest BCUT2D eigenvalue weighted by molar-refractivity contribution is 6.30. The van der Waals surface area contributed by atoms with Crippen molar-refractivity contribution in [1.29, 1.82) is 0 Å². The van der Waals surface area contributed by atoms with E-state index in [0.717, 1.165) is 5.56 Å². The molecule has 94 valence electrons. The largest absolute Gasteiger partial charge is 0.339 e. The SMILES string of the molecule is CN(C(=O)Cc1ccc(Cl)cc1)C(C)(C)CCl. The van der Waals surface area contributed by atoms with Crippen molar-refractivity contribution in [3.8, 4) is 0 Å². The predicted octanol–water partition coefficient (Wildman–Crippen LogP) is 3.36. The minimum absolute atomic E-state index is 0.0537. The molecule has 4 heteroatoms. The zero-order valence-corrected chi connectivity index (χ0v) is 11.8. The third-order valence-electron chi connectivity index (χ3n) is 2.88. The molecular weight excluding hydrogens is 257 g/mol. The van der Waals surface area contributed by atoms with Crippen LogP contribution in [0, 0.1) is 0 Å². The lowest BCUT2D eigenvalue weighted by Crippen LogP contribution is -2.47. The van der Waals surface area contributed by atoms with Crippen molar-refractivity contribution < 1.29 is 4.79 Å². The Morgan fingerprint density at radius 3 is 2.29 bits per heavy atom. The van der Waals surface area contributed by atoms with Gasteiger partial charge in [-0.1, -0.05) is 23.7 Å². The monoisotopic (exact) mass is 273 g/mol. The van der Waals surface area contributed by atoms with Gasteiger partial charge >= 0.3 is 0 Å². The third-order valence-corrected chi connectivity index (χ3v) is 3.78. The summed E-state index contributed by atoms with van der Waals surface area (Å²) in [5.41, 5.74) is 0.627. The summed E-state index contributed by atoms with van der Waals surface area (Å²) in [6.45, 7) is 3.89. The molecule has 0 N–H and O–H groups in total. The van der Waals surface area contributed by atoms with Crippen molar-refractivity contribution in [3.63, 3.8) is 0 Å². The second kappa shape index (κ2) is 5.74. The molecule has 0 heterocycles. The number of hydrogen-bond acceptors (Lipinski definition) is 1. The average Bonchev–Trinajstić information content (AvgIpc) is 2.31. The molecule has 2 nitrogen and oxygen atoms in total. The maximum absolute atomic E-state index is 12.0. The molecule has 0 aromatic heterocycles. The Balaban J connectivity index is 2.69. The maximum atomic E-state index is 12.0. The van der Waals surface area contributed by atoms with Gasteiger partial charge in [0.25, 0.3) is 0 Å². The molecule has 0 aliphatic heterocycles. The number of alkyl halides is 1. The molecule has 1 aromatic rings. The molecule has 1 aromatic carbocycles. The van der Waals surface area contributed by atoms with Gasteiger partial charge in [0.15, 0.2) is 0 Å². The highest BCUT2D eigenvalue weighted by atomic mass is 35.5. The minimum atomic E-state index is -0.328.